The smallest absolute Gasteiger partial charge is 0.231 e. The molecule has 0 saturated carbocycles. The van der Waals surface area contributed by atoms with Crippen LogP contribution in [0.15, 0.2) is 66.7 Å². The Balaban J connectivity index is 1.83. The molecule has 0 unspecified atom stereocenters. The lowest BCUT2D eigenvalue weighted by Crippen LogP contribution is -2.36. The number of hydrogen-bond donors (Lipinski definition) is 0. The van der Waals surface area contributed by atoms with Crippen LogP contribution in [0.3, 0.4) is 0 Å². The number of carbonyl (C=O) groups excluding carboxylic acids is 2. The number of hydrogen-bond acceptors (Lipinski definition) is 2. The number of benzene rings is 3. The number of rotatable bonds is 3. The minimum absolute atomic E-state index is 0.0368. The normalized spacial score (nSPS) is 17.1. The van der Waals surface area contributed by atoms with E-state index in [1.165, 1.54) is 0 Å². The van der Waals surface area contributed by atoms with Gasteiger partial charge >= 0.3 is 0 Å². The van der Waals surface area contributed by atoms with Crippen molar-refractivity contribution in [3.63, 3.8) is 0 Å². The number of fused-ring (bicyclic) bond motifs is 2. The highest BCUT2D eigenvalue weighted by Gasteiger charge is 2.31. The van der Waals surface area contributed by atoms with Crippen LogP contribution in [0, 0.1) is 5.92 Å². The van der Waals surface area contributed by atoms with Crippen LogP contribution in [0.2, 0.25) is 0 Å². The maximum atomic E-state index is 13.1. The number of carbonyl (C=O) groups is 2. The first-order valence-corrected chi connectivity index (χ1v) is 8.78. The van der Waals surface area contributed by atoms with Crippen molar-refractivity contribution in [1.29, 1.82) is 0 Å². The molecule has 3 aromatic rings. The highest BCUT2D eigenvalue weighted by atomic mass is 16.2. The first-order valence-electron chi connectivity index (χ1n) is 8.78. The molecule has 1 aliphatic heterocycles. The summed E-state index contributed by atoms with van der Waals surface area (Å²) in [7, 11) is 0. The van der Waals surface area contributed by atoms with E-state index in [-0.39, 0.29) is 11.8 Å². The lowest BCUT2D eigenvalue weighted by Gasteiger charge is -2.25. The predicted molar refractivity (Wildman–Crippen MR) is 104 cm³/mol. The zero-order chi connectivity index (χ0) is 18.1. The average Bonchev–Trinajstić information content (AvgIpc) is 2.78. The maximum absolute atomic E-state index is 13.1. The average molecular weight is 344 g/mol. The Morgan fingerprint density at radius 3 is 2.46 bits per heavy atom. The number of para-hydroxylation sites is 2. The Kier molecular flexibility index (Phi) is 4.17. The summed E-state index contributed by atoms with van der Waals surface area (Å²) in [5, 5.41) is 2.30. The topological polar surface area (TPSA) is 40.6 Å². The standard InChI is InChI=1S/C22H20N2O2/c1-16-13-23(15-25)20-11-4-5-12-21(20)24(22(16)26)14-18-9-6-8-17-7-2-3-10-19(17)18/h2-12,15-16H,13-14H2,1H3/t16-/m1/s1. The largest absolute Gasteiger partial charge is 0.312 e. The van der Waals surface area contributed by atoms with Gasteiger partial charge in [0.2, 0.25) is 12.3 Å². The molecule has 0 bridgehead atoms. The van der Waals surface area contributed by atoms with Crippen molar-refractivity contribution in [2.45, 2.75) is 13.5 Å². The van der Waals surface area contributed by atoms with Crippen molar-refractivity contribution in [2.24, 2.45) is 5.92 Å². The molecule has 0 aromatic heterocycles. The van der Waals surface area contributed by atoms with Crippen LogP contribution in [0.1, 0.15) is 12.5 Å². The Morgan fingerprint density at radius 1 is 0.962 bits per heavy atom. The summed E-state index contributed by atoms with van der Waals surface area (Å²) in [6, 6.07) is 22.0. The van der Waals surface area contributed by atoms with Crippen molar-refractivity contribution in [2.75, 3.05) is 16.3 Å². The summed E-state index contributed by atoms with van der Waals surface area (Å²) in [5.41, 5.74) is 2.65. The molecule has 0 fully saturated rings. The summed E-state index contributed by atoms with van der Waals surface area (Å²) < 4.78 is 0. The van der Waals surface area contributed by atoms with Gasteiger partial charge in [0, 0.05) is 6.54 Å². The van der Waals surface area contributed by atoms with E-state index in [0.29, 0.717) is 13.1 Å². The molecule has 26 heavy (non-hydrogen) atoms. The lowest BCUT2D eigenvalue weighted by molar-refractivity contribution is -0.121. The number of nitrogens with zero attached hydrogens (tertiary/aromatic N) is 2. The maximum Gasteiger partial charge on any atom is 0.231 e. The van der Waals surface area contributed by atoms with Crippen LogP contribution >= 0.6 is 0 Å². The van der Waals surface area contributed by atoms with Crippen LogP contribution in [-0.2, 0) is 16.1 Å². The van der Waals surface area contributed by atoms with Crippen molar-refractivity contribution >= 4 is 34.5 Å². The molecule has 4 heteroatoms. The van der Waals surface area contributed by atoms with E-state index in [1.807, 2.05) is 54.3 Å². The van der Waals surface area contributed by atoms with E-state index in [4.69, 9.17) is 0 Å². The molecule has 1 atom stereocenters. The van der Waals surface area contributed by atoms with Crippen molar-refractivity contribution < 1.29 is 9.59 Å². The van der Waals surface area contributed by atoms with E-state index in [9.17, 15) is 9.59 Å². The third kappa shape index (κ3) is 2.73. The molecular weight excluding hydrogens is 324 g/mol. The second-order valence-corrected chi connectivity index (χ2v) is 6.71. The fourth-order valence-electron chi connectivity index (χ4n) is 3.66. The molecule has 0 spiro atoms. The van der Waals surface area contributed by atoms with E-state index in [1.54, 1.807) is 4.90 Å². The molecule has 1 heterocycles. The molecule has 0 saturated heterocycles. The summed E-state index contributed by atoms with van der Waals surface area (Å²) >= 11 is 0. The number of anilines is 2. The summed E-state index contributed by atoms with van der Waals surface area (Å²) in [6.07, 6.45) is 0.810. The summed E-state index contributed by atoms with van der Waals surface area (Å²) in [6.45, 7) is 2.75. The van der Waals surface area contributed by atoms with Gasteiger partial charge in [-0.1, -0.05) is 61.5 Å². The number of amides is 2. The quantitative estimate of drug-likeness (QED) is 0.674. The third-order valence-corrected chi connectivity index (χ3v) is 4.98. The first kappa shape index (κ1) is 16.3. The molecule has 4 rings (SSSR count). The zero-order valence-electron chi connectivity index (χ0n) is 14.6. The molecule has 0 aliphatic carbocycles. The molecule has 3 aromatic carbocycles. The molecular formula is C22H20N2O2. The van der Waals surface area contributed by atoms with Gasteiger partial charge in [-0.25, -0.2) is 0 Å². The van der Waals surface area contributed by atoms with Crippen LogP contribution in [0.5, 0.6) is 0 Å². The van der Waals surface area contributed by atoms with Gasteiger partial charge in [0.25, 0.3) is 0 Å². The van der Waals surface area contributed by atoms with Crippen LogP contribution < -0.4 is 9.80 Å². The Morgan fingerprint density at radius 2 is 1.65 bits per heavy atom. The Labute approximate surface area is 152 Å². The van der Waals surface area contributed by atoms with E-state index >= 15 is 0 Å². The summed E-state index contributed by atoms with van der Waals surface area (Å²) in [5.74, 6) is -0.225. The Hall–Kier alpha value is -3.14. The Bertz CT molecular complexity index is 977. The monoisotopic (exact) mass is 344 g/mol. The van der Waals surface area contributed by atoms with Gasteiger partial charge in [-0.05, 0) is 28.5 Å². The lowest BCUT2D eigenvalue weighted by atomic mass is 10.0. The fourth-order valence-corrected chi connectivity index (χ4v) is 3.66. The van der Waals surface area contributed by atoms with Gasteiger partial charge in [-0.15, -0.1) is 0 Å². The van der Waals surface area contributed by atoms with Crippen molar-refractivity contribution in [1.82, 2.24) is 0 Å². The van der Waals surface area contributed by atoms with Gasteiger partial charge in [-0.3, -0.25) is 9.59 Å². The van der Waals surface area contributed by atoms with Gasteiger partial charge < -0.3 is 9.80 Å². The highest BCUT2D eigenvalue weighted by molar-refractivity contribution is 6.02. The minimum Gasteiger partial charge on any atom is -0.312 e. The predicted octanol–water partition coefficient (Wildman–Crippen LogP) is 3.99. The van der Waals surface area contributed by atoms with E-state index < -0.39 is 0 Å². The van der Waals surface area contributed by atoms with Crippen LogP contribution in [-0.4, -0.2) is 18.9 Å². The van der Waals surface area contributed by atoms with Gasteiger partial charge in [0.1, 0.15) is 0 Å². The van der Waals surface area contributed by atoms with Crippen LogP contribution in [0.4, 0.5) is 11.4 Å². The SMILES string of the molecule is C[C@@H]1CN(C=O)c2ccccc2N(Cc2cccc3ccccc23)C1=O. The van der Waals surface area contributed by atoms with E-state index in [0.717, 1.165) is 34.1 Å². The van der Waals surface area contributed by atoms with Crippen molar-refractivity contribution in [3.8, 4) is 0 Å². The van der Waals surface area contributed by atoms with Gasteiger partial charge in [0.05, 0.1) is 23.8 Å². The molecule has 130 valence electrons. The van der Waals surface area contributed by atoms with Crippen molar-refractivity contribution in [3.05, 3.63) is 72.3 Å². The second kappa shape index (κ2) is 6.64. The summed E-state index contributed by atoms with van der Waals surface area (Å²) in [4.78, 5) is 28.1. The molecule has 0 N–H and O–H groups in total. The fraction of sp³-hybridized carbons (Fsp3) is 0.182. The molecule has 4 nitrogen and oxygen atoms in total. The molecule has 2 amide bonds. The van der Waals surface area contributed by atoms with Gasteiger partial charge in [0.15, 0.2) is 0 Å². The zero-order valence-corrected chi connectivity index (χ0v) is 14.6. The second-order valence-electron chi connectivity index (χ2n) is 6.71. The molecule has 0 radical (unpaired) electrons. The van der Waals surface area contributed by atoms with E-state index in [2.05, 4.69) is 24.3 Å². The third-order valence-electron chi connectivity index (χ3n) is 4.98. The van der Waals surface area contributed by atoms with Gasteiger partial charge in [-0.2, -0.15) is 0 Å². The first-order chi connectivity index (χ1) is 12.7. The van der Waals surface area contributed by atoms with Crippen LogP contribution in [0.25, 0.3) is 10.8 Å². The minimum atomic E-state index is -0.262. The molecule has 1 aliphatic rings. The highest BCUT2D eigenvalue weighted by Crippen LogP contribution is 2.35.